The molecule has 0 saturated heterocycles. The van der Waals surface area contributed by atoms with Crippen LogP contribution in [-0.2, 0) is 4.79 Å². The lowest BCUT2D eigenvalue weighted by Crippen LogP contribution is -1.51. The van der Waals surface area contributed by atoms with Crippen molar-refractivity contribution in [3.8, 4) is 0 Å². The molecule has 0 aromatic heterocycles. The van der Waals surface area contributed by atoms with Crippen molar-refractivity contribution in [2.75, 3.05) is 0 Å². The van der Waals surface area contributed by atoms with Crippen LogP contribution in [0.15, 0.2) is 18.2 Å². The molecule has 0 heterocycles. The summed E-state index contributed by atoms with van der Waals surface area (Å²) in [5.41, 5.74) is 0. The van der Waals surface area contributed by atoms with E-state index in [0.717, 1.165) is 0 Å². The lowest BCUT2D eigenvalue weighted by molar-refractivity contribution is 0.569. The van der Waals surface area contributed by atoms with Gasteiger partial charge in [-0.25, -0.2) is 4.79 Å². The summed E-state index contributed by atoms with van der Waals surface area (Å²) in [4.78, 5) is 9.40. The number of hydrogen-bond donors (Lipinski definition) is 0. The fourth-order valence-corrected chi connectivity index (χ4v) is 0.231. The third-order valence-electron chi connectivity index (χ3n) is 0.354. The Kier molecular flexibility index (Phi) is 4.74. The SMILES string of the molecule is O=C=C/C=C\C=S. The zero-order valence-corrected chi connectivity index (χ0v) is 4.44. The molecule has 0 rings (SSSR count). The fraction of sp³-hybridized carbons (Fsp3) is 0. The molecular formula is C5H4OS. The van der Waals surface area contributed by atoms with Gasteiger partial charge in [0.2, 0.25) is 0 Å². The molecule has 0 fully saturated rings. The summed E-state index contributed by atoms with van der Waals surface area (Å²) in [5.74, 6) is 1.57. The largest absolute Gasteiger partial charge is 0.234 e. The molecule has 0 aromatic carbocycles. The summed E-state index contributed by atoms with van der Waals surface area (Å²) in [7, 11) is 0. The summed E-state index contributed by atoms with van der Waals surface area (Å²) in [6, 6.07) is 0. The Hall–Kier alpha value is -0.720. The second kappa shape index (κ2) is 5.28. The maximum atomic E-state index is 9.40. The summed E-state index contributed by atoms with van der Waals surface area (Å²) >= 11 is 4.40. The molecule has 0 amide bonds. The highest BCUT2D eigenvalue weighted by Crippen LogP contribution is 1.64. The van der Waals surface area contributed by atoms with E-state index in [4.69, 9.17) is 0 Å². The average molecular weight is 112 g/mol. The van der Waals surface area contributed by atoms with Crippen molar-refractivity contribution in [3.63, 3.8) is 0 Å². The molecule has 0 atom stereocenters. The molecule has 36 valence electrons. The van der Waals surface area contributed by atoms with Gasteiger partial charge in [0.1, 0.15) is 5.94 Å². The molecular weight excluding hydrogens is 108 g/mol. The van der Waals surface area contributed by atoms with Gasteiger partial charge in [-0.15, -0.1) is 0 Å². The second-order valence-corrected chi connectivity index (χ2v) is 1.08. The van der Waals surface area contributed by atoms with Gasteiger partial charge >= 0.3 is 0 Å². The van der Waals surface area contributed by atoms with Crippen molar-refractivity contribution >= 4 is 23.5 Å². The van der Waals surface area contributed by atoms with Crippen molar-refractivity contribution in [3.05, 3.63) is 18.2 Å². The van der Waals surface area contributed by atoms with Crippen LogP contribution in [0, 0.1) is 0 Å². The van der Waals surface area contributed by atoms with Crippen LogP contribution in [0.1, 0.15) is 0 Å². The lowest BCUT2D eigenvalue weighted by Gasteiger charge is -1.57. The maximum Gasteiger partial charge on any atom is 0.124 e. The molecule has 0 saturated carbocycles. The van der Waals surface area contributed by atoms with Gasteiger partial charge in [0.25, 0.3) is 0 Å². The standard InChI is InChI=1S/C5H4OS/c6-4-2-1-3-5-7/h1-3,5H/b3-1-. The van der Waals surface area contributed by atoms with Gasteiger partial charge in [0.15, 0.2) is 0 Å². The predicted octanol–water partition coefficient (Wildman–Crippen LogP) is 0.930. The van der Waals surface area contributed by atoms with Crippen LogP contribution in [0.3, 0.4) is 0 Å². The average Bonchev–Trinajstić information content (AvgIpc) is 1.69. The Balaban J connectivity index is 3.47. The van der Waals surface area contributed by atoms with E-state index in [9.17, 15) is 4.79 Å². The van der Waals surface area contributed by atoms with Gasteiger partial charge in [0, 0.05) is 11.4 Å². The number of allylic oxidation sites excluding steroid dienone is 3. The summed E-state index contributed by atoms with van der Waals surface area (Å²) in [6.07, 6.45) is 4.36. The molecule has 0 aromatic rings. The Morgan fingerprint density at radius 2 is 2.14 bits per heavy atom. The highest BCUT2D eigenvalue weighted by atomic mass is 32.1. The number of thiocarbonyl (C=S) groups is 1. The summed E-state index contributed by atoms with van der Waals surface area (Å²) in [6.45, 7) is 0. The van der Waals surface area contributed by atoms with E-state index >= 15 is 0 Å². The second-order valence-electron chi connectivity index (χ2n) is 0.806. The minimum Gasteiger partial charge on any atom is -0.234 e. The van der Waals surface area contributed by atoms with Gasteiger partial charge < -0.3 is 0 Å². The fourth-order valence-electron chi connectivity index (χ4n) is 0.140. The molecule has 0 N–H and O–H groups in total. The monoisotopic (exact) mass is 112 g/mol. The van der Waals surface area contributed by atoms with E-state index in [1.807, 2.05) is 0 Å². The quantitative estimate of drug-likeness (QED) is 0.229. The van der Waals surface area contributed by atoms with Crippen LogP contribution >= 0.6 is 12.2 Å². The molecule has 2 heteroatoms. The van der Waals surface area contributed by atoms with Crippen LogP contribution < -0.4 is 0 Å². The lowest BCUT2D eigenvalue weighted by atomic mass is 10.5. The molecule has 0 aliphatic rings. The van der Waals surface area contributed by atoms with Crippen molar-refractivity contribution in [1.82, 2.24) is 0 Å². The van der Waals surface area contributed by atoms with E-state index in [-0.39, 0.29) is 0 Å². The first-order valence-electron chi connectivity index (χ1n) is 1.73. The Bertz CT molecular complexity index is 120. The minimum absolute atomic E-state index is 1.25. The molecule has 0 spiro atoms. The van der Waals surface area contributed by atoms with E-state index in [0.29, 0.717) is 0 Å². The van der Waals surface area contributed by atoms with Gasteiger partial charge in [-0.3, -0.25) is 0 Å². The Morgan fingerprint density at radius 1 is 1.43 bits per heavy atom. The van der Waals surface area contributed by atoms with Gasteiger partial charge in [-0.1, -0.05) is 24.4 Å². The van der Waals surface area contributed by atoms with E-state index in [1.54, 1.807) is 12.0 Å². The van der Waals surface area contributed by atoms with Crippen LogP contribution in [0.2, 0.25) is 0 Å². The van der Waals surface area contributed by atoms with E-state index < -0.39 is 0 Å². The molecule has 0 aliphatic heterocycles. The number of carbonyl (C=O) groups excluding carboxylic acids is 1. The number of rotatable bonds is 2. The zero-order valence-electron chi connectivity index (χ0n) is 3.63. The van der Waals surface area contributed by atoms with Crippen molar-refractivity contribution in [2.24, 2.45) is 0 Å². The predicted molar refractivity (Wildman–Crippen MR) is 33.1 cm³/mol. The highest BCUT2D eigenvalue weighted by Gasteiger charge is 1.54. The van der Waals surface area contributed by atoms with E-state index in [1.165, 1.54) is 17.5 Å². The molecule has 0 radical (unpaired) electrons. The third-order valence-corrected chi connectivity index (χ3v) is 0.511. The first kappa shape index (κ1) is 6.28. The van der Waals surface area contributed by atoms with Crippen LogP contribution in [0.5, 0.6) is 0 Å². The van der Waals surface area contributed by atoms with Crippen molar-refractivity contribution in [1.29, 1.82) is 0 Å². The maximum absolute atomic E-state index is 9.40. The van der Waals surface area contributed by atoms with Gasteiger partial charge in [-0.05, 0) is 0 Å². The van der Waals surface area contributed by atoms with Crippen LogP contribution in [0.25, 0.3) is 0 Å². The zero-order chi connectivity index (χ0) is 5.54. The van der Waals surface area contributed by atoms with E-state index in [2.05, 4.69) is 12.2 Å². The van der Waals surface area contributed by atoms with Gasteiger partial charge in [-0.2, -0.15) is 0 Å². The Labute approximate surface area is 47.3 Å². The Morgan fingerprint density at radius 3 is 2.57 bits per heavy atom. The third kappa shape index (κ3) is 5.28. The normalized spacial score (nSPS) is 8.00. The molecule has 1 nitrogen and oxygen atoms in total. The molecule has 0 bridgehead atoms. The van der Waals surface area contributed by atoms with Crippen molar-refractivity contribution in [2.45, 2.75) is 0 Å². The van der Waals surface area contributed by atoms with Crippen molar-refractivity contribution < 1.29 is 4.79 Å². The molecule has 0 aliphatic carbocycles. The topological polar surface area (TPSA) is 17.1 Å². The molecule has 7 heavy (non-hydrogen) atoms. The smallest absolute Gasteiger partial charge is 0.124 e. The summed E-state index contributed by atoms with van der Waals surface area (Å²) in [5, 5.41) is 1.42. The summed E-state index contributed by atoms with van der Waals surface area (Å²) < 4.78 is 0. The number of hydrogen-bond acceptors (Lipinski definition) is 2. The molecule has 0 unspecified atom stereocenters. The van der Waals surface area contributed by atoms with Crippen LogP contribution in [-0.4, -0.2) is 11.3 Å². The first-order valence-corrected chi connectivity index (χ1v) is 2.20. The minimum atomic E-state index is 1.25. The van der Waals surface area contributed by atoms with Gasteiger partial charge in [0.05, 0.1) is 0 Å². The highest BCUT2D eigenvalue weighted by molar-refractivity contribution is 7.79. The van der Waals surface area contributed by atoms with Crippen LogP contribution in [0.4, 0.5) is 0 Å². The first-order chi connectivity index (χ1) is 3.41.